The molecule has 0 spiro atoms. The molecule has 1 aromatic carbocycles. The van der Waals surface area contributed by atoms with Crippen LogP contribution in [0, 0.1) is 5.92 Å². The number of carbonyl (C=O) groups excluding carboxylic acids is 2. The van der Waals surface area contributed by atoms with Gasteiger partial charge in [0.05, 0.1) is 12.5 Å². The molecule has 0 fully saturated rings. The maximum Gasteiger partial charge on any atom is 0.302 e. The number of ether oxygens (including phenoxy) is 1. The van der Waals surface area contributed by atoms with Crippen LogP contribution in [0.4, 0.5) is 0 Å². The minimum atomic E-state index is -0.489. The second-order valence-corrected chi connectivity index (χ2v) is 6.14. The molecular weight excluding hydrogens is 302 g/mol. The van der Waals surface area contributed by atoms with Gasteiger partial charge in [0.1, 0.15) is 6.10 Å². The average Bonchev–Trinajstić information content (AvgIpc) is 2.48. The molecule has 0 aliphatic carbocycles. The van der Waals surface area contributed by atoms with Crippen LogP contribution in [0.2, 0.25) is 0 Å². The van der Waals surface area contributed by atoms with Gasteiger partial charge in [0.15, 0.2) is 0 Å². The molecule has 0 radical (unpaired) electrons. The van der Waals surface area contributed by atoms with E-state index in [2.05, 4.69) is 5.48 Å². The monoisotopic (exact) mass is 325 g/mol. The van der Waals surface area contributed by atoms with E-state index in [0.29, 0.717) is 12.4 Å². The summed E-state index contributed by atoms with van der Waals surface area (Å²) < 4.78 is 5.13. The maximum atomic E-state index is 12.2. The Morgan fingerprint density at radius 1 is 1.27 bits per heavy atom. The normalized spacial score (nSPS) is 13.2. The van der Waals surface area contributed by atoms with Crippen molar-refractivity contribution in [3.63, 3.8) is 0 Å². The molecular formula is C16H23NO4S. The predicted molar refractivity (Wildman–Crippen MR) is 87.1 cm³/mol. The van der Waals surface area contributed by atoms with E-state index in [4.69, 9.17) is 9.57 Å². The lowest BCUT2D eigenvalue weighted by molar-refractivity contribution is -0.153. The highest BCUT2D eigenvalue weighted by Crippen LogP contribution is 2.16. The van der Waals surface area contributed by atoms with E-state index < -0.39 is 18.0 Å². The third-order valence-electron chi connectivity index (χ3n) is 3.01. The lowest BCUT2D eigenvalue weighted by Crippen LogP contribution is -2.39. The van der Waals surface area contributed by atoms with E-state index in [1.165, 1.54) is 6.92 Å². The summed E-state index contributed by atoms with van der Waals surface area (Å²) in [7, 11) is 0. The number of hydroxylamine groups is 1. The van der Waals surface area contributed by atoms with Crippen molar-refractivity contribution >= 4 is 23.6 Å². The van der Waals surface area contributed by atoms with Crippen LogP contribution in [0.5, 0.6) is 0 Å². The molecule has 0 unspecified atom stereocenters. The Hall–Kier alpha value is -1.53. The fourth-order valence-corrected chi connectivity index (χ4v) is 2.77. The van der Waals surface area contributed by atoms with E-state index in [1.807, 2.05) is 37.3 Å². The van der Waals surface area contributed by atoms with Gasteiger partial charge in [0.2, 0.25) is 0 Å². The number of hydrogen-bond donors (Lipinski definition) is 1. The van der Waals surface area contributed by atoms with Gasteiger partial charge < -0.3 is 4.74 Å². The fraction of sp³-hybridized carbons (Fsp3) is 0.500. The molecule has 0 bridgehead atoms. The largest absolute Gasteiger partial charge is 0.462 e. The molecule has 0 saturated carbocycles. The summed E-state index contributed by atoms with van der Waals surface area (Å²) in [5.41, 5.74) is 3.42. The number of hydrogen-bond acceptors (Lipinski definition) is 5. The lowest BCUT2D eigenvalue weighted by Gasteiger charge is -2.22. The minimum Gasteiger partial charge on any atom is -0.462 e. The van der Waals surface area contributed by atoms with Gasteiger partial charge in [0.25, 0.3) is 5.91 Å². The zero-order chi connectivity index (χ0) is 16.4. The van der Waals surface area contributed by atoms with Crippen molar-refractivity contribution in [3.05, 3.63) is 35.9 Å². The molecule has 1 N–H and O–H groups in total. The van der Waals surface area contributed by atoms with Gasteiger partial charge in [-0.1, -0.05) is 37.3 Å². The molecule has 122 valence electrons. The third-order valence-corrected chi connectivity index (χ3v) is 4.01. The van der Waals surface area contributed by atoms with Gasteiger partial charge in [-0.25, -0.2) is 5.48 Å². The van der Waals surface area contributed by atoms with Crippen LogP contribution < -0.4 is 5.48 Å². The van der Waals surface area contributed by atoms with Crippen molar-refractivity contribution in [1.82, 2.24) is 5.48 Å². The fourth-order valence-electron chi connectivity index (χ4n) is 1.85. The first-order chi connectivity index (χ1) is 10.5. The second kappa shape index (κ2) is 10.2. The maximum absolute atomic E-state index is 12.2. The summed E-state index contributed by atoms with van der Waals surface area (Å²) in [6.45, 7) is 5.37. The van der Waals surface area contributed by atoms with E-state index in [9.17, 15) is 9.59 Å². The van der Waals surface area contributed by atoms with Crippen LogP contribution in [0.3, 0.4) is 0 Å². The van der Waals surface area contributed by atoms with Crippen molar-refractivity contribution in [2.75, 3.05) is 11.5 Å². The number of nitrogens with one attached hydrogen (secondary N) is 1. The number of esters is 1. The first-order valence-electron chi connectivity index (χ1n) is 7.25. The molecule has 22 heavy (non-hydrogen) atoms. The van der Waals surface area contributed by atoms with Crippen molar-refractivity contribution < 1.29 is 19.2 Å². The topological polar surface area (TPSA) is 64.6 Å². The summed E-state index contributed by atoms with van der Waals surface area (Å²) in [5, 5.41) is 0. The Bertz CT molecular complexity index is 466. The number of benzene rings is 1. The average molecular weight is 325 g/mol. The summed E-state index contributed by atoms with van der Waals surface area (Å²) in [6, 6.07) is 9.56. The van der Waals surface area contributed by atoms with E-state index in [1.54, 1.807) is 18.7 Å². The highest BCUT2D eigenvalue weighted by molar-refractivity contribution is 7.99. The summed E-state index contributed by atoms with van der Waals surface area (Å²) in [4.78, 5) is 28.5. The third kappa shape index (κ3) is 6.95. The molecule has 2 atom stereocenters. The standard InChI is InChI=1S/C16H23NO4S/c1-4-22-11-15(12(2)21-13(3)18)16(19)17-20-10-14-8-6-5-7-9-14/h5-9,12,15H,4,10-11H2,1-3H3,(H,17,19)/t12-,15+/m1/s1. The minimum absolute atomic E-state index is 0.273. The number of carbonyl (C=O) groups is 2. The van der Waals surface area contributed by atoms with Crippen molar-refractivity contribution in [3.8, 4) is 0 Å². The molecule has 0 aliphatic heterocycles. The van der Waals surface area contributed by atoms with Crippen LogP contribution in [0.1, 0.15) is 26.3 Å². The van der Waals surface area contributed by atoms with Gasteiger partial charge in [-0.2, -0.15) is 11.8 Å². The summed E-state index contributed by atoms with van der Waals surface area (Å²) in [5.74, 6) is 0.361. The van der Waals surface area contributed by atoms with Crippen LogP contribution in [-0.2, 0) is 25.8 Å². The molecule has 0 saturated heterocycles. The number of rotatable bonds is 9. The van der Waals surface area contributed by atoms with Crippen molar-refractivity contribution in [1.29, 1.82) is 0 Å². The Labute approximate surface area is 135 Å². The smallest absolute Gasteiger partial charge is 0.302 e. The number of thioether (sulfide) groups is 1. The van der Waals surface area contributed by atoms with Gasteiger partial charge in [-0.05, 0) is 18.2 Å². The molecule has 1 aromatic rings. The highest BCUT2D eigenvalue weighted by Gasteiger charge is 2.27. The van der Waals surface area contributed by atoms with Gasteiger partial charge in [-0.3, -0.25) is 14.4 Å². The Morgan fingerprint density at radius 2 is 1.95 bits per heavy atom. The van der Waals surface area contributed by atoms with Crippen LogP contribution >= 0.6 is 11.8 Å². The molecule has 0 aliphatic rings. The molecule has 1 amide bonds. The van der Waals surface area contributed by atoms with Crippen molar-refractivity contribution in [2.24, 2.45) is 5.92 Å². The zero-order valence-electron chi connectivity index (χ0n) is 13.2. The summed E-state index contributed by atoms with van der Waals surface area (Å²) in [6.07, 6.45) is -0.489. The van der Waals surface area contributed by atoms with E-state index in [-0.39, 0.29) is 5.91 Å². The van der Waals surface area contributed by atoms with E-state index >= 15 is 0 Å². The predicted octanol–water partition coefficient (Wildman–Crippen LogP) is 2.56. The first kappa shape index (κ1) is 18.5. The first-order valence-corrected chi connectivity index (χ1v) is 8.40. The molecule has 6 heteroatoms. The lowest BCUT2D eigenvalue weighted by atomic mass is 10.1. The quantitative estimate of drug-likeness (QED) is 0.558. The summed E-state index contributed by atoms with van der Waals surface area (Å²) >= 11 is 1.62. The van der Waals surface area contributed by atoms with Crippen LogP contribution in [0.15, 0.2) is 30.3 Å². The molecule has 0 aromatic heterocycles. The zero-order valence-corrected chi connectivity index (χ0v) is 14.0. The van der Waals surface area contributed by atoms with Gasteiger partial charge >= 0.3 is 5.97 Å². The molecule has 1 rings (SSSR count). The Kier molecular flexibility index (Phi) is 8.62. The van der Waals surface area contributed by atoms with Crippen LogP contribution in [-0.4, -0.2) is 29.5 Å². The van der Waals surface area contributed by atoms with Crippen molar-refractivity contribution in [2.45, 2.75) is 33.5 Å². The van der Waals surface area contributed by atoms with E-state index in [0.717, 1.165) is 11.3 Å². The molecule has 5 nitrogen and oxygen atoms in total. The Morgan fingerprint density at radius 3 is 2.55 bits per heavy atom. The molecule has 0 heterocycles. The SMILES string of the molecule is CCSC[C@H](C(=O)NOCc1ccccc1)[C@@H](C)OC(C)=O. The Balaban J connectivity index is 2.49. The highest BCUT2D eigenvalue weighted by atomic mass is 32.2. The van der Waals surface area contributed by atoms with Gasteiger partial charge in [-0.15, -0.1) is 0 Å². The van der Waals surface area contributed by atoms with Gasteiger partial charge in [0, 0.05) is 12.7 Å². The second-order valence-electron chi connectivity index (χ2n) is 4.82. The number of amides is 1. The van der Waals surface area contributed by atoms with Crippen LogP contribution in [0.25, 0.3) is 0 Å².